The number of rotatable bonds is 6. The van der Waals surface area contributed by atoms with Crippen LogP contribution in [0.4, 0.5) is 0 Å². The summed E-state index contributed by atoms with van der Waals surface area (Å²) in [6.07, 6.45) is 7.35. The van der Waals surface area contributed by atoms with Gasteiger partial charge in [0.25, 0.3) is 0 Å². The fraction of sp³-hybridized carbons (Fsp3) is 0.636. The fourth-order valence-corrected chi connectivity index (χ4v) is 1.47. The molecule has 0 unspecified atom stereocenters. The zero-order valence-corrected chi connectivity index (χ0v) is 9.40. The van der Waals surface area contributed by atoms with E-state index in [2.05, 4.69) is 14.3 Å². The predicted molar refractivity (Wildman–Crippen MR) is 57.4 cm³/mol. The Morgan fingerprint density at radius 2 is 2.27 bits per heavy atom. The number of hydrogen-bond donors (Lipinski definition) is 0. The molecule has 1 aromatic rings. The van der Waals surface area contributed by atoms with Crippen molar-refractivity contribution in [3.8, 4) is 0 Å². The van der Waals surface area contributed by atoms with Crippen LogP contribution < -0.4 is 0 Å². The Bertz CT molecular complexity index is 307. The first kappa shape index (κ1) is 11.8. The predicted octanol–water partition coefficient (Wildman–Crippen LogP) is 1.92. The maximum Gasteiger partial charge on any atom is 0.305 e. The van der Waals surface area contributed by atoms with Crippen LogP contribution in [0.1, 0.15) is 31.5 Å². The molecule has 0 radical (unpaired) electrons. The maximum atomic E-state index is 10.8. The van der Waals surface area contributed by atoms with Crippen LogP contribution in [0.3, 0.4) is 0 Å². The van der Waals surface area contributed by atoms with E-state index in [9.17, 15) is 4.79 Å². The number of nitrogens with zero attached hydrogens (tertiary/aromatic N) is 2. The summed E-state index contributed by atoms with van der Waals surface area (Å²) in [6.45, 7) is 2.97. The van der Waals surface area contributed by atoms with E-state index in [-0.39, 0.29) is 5.97 Å². The second-order valence-corrected chi connectivity index (χ2v) is 3.55. The monoisotopic (exact) mass is 210 g/mol. The average Bonchev–Trinajstić information content (AvgIpc) is 2.63. The molecule has 0 spiro atoms. The standard InChI is InChI=1S/C11H18N2O2/c1-10-12-7-9-13(10)8-5-3-4-6-11(14)15-2/h7,9H,3-6,8H2,1-2H3. The van der Waals surface area contributed by atoms with Crippen molar-refractivity contribution in [3.63, 3.8) is 0 Å². The number of ether oxygens (including phenoxy) is 1. The molecule has 4 heteroatoms. The van der Waals surface area contributed by atoms with Gasteiger partial charge in [0.15, 0.2) is 0 Å². The average molecular weight is 210 g/mol. The number of hydrogen-bond acceptors (Lipinski definition) is 3. The van der Waals surface area contributed by atoms with Crippen molar-refractivity contribution in [1.82, 2.24) is 9.55 Å². The molecule has 0 bridgehead atoms. The summed E-state index contributed by atoms with van der Waals surface area (Å²) in [5.74, 6) is 0.928. The minimum atomic E-state index is -0.117. The summed E-state index contributed by atoms with van der Waals surface area (Å²) in [7, 11) is 1.43. The van der Waals surface area contributed by atoms with Gasteiger partial charge in [-0.05, 0) is 19.8 Å². The van der Waals surface area contributed by atoms with Crippen molar-refractivity contribution in [2.75, 3.05) is 7.11 Å². The van der Waals surface area contributed by atoms with Crippen LogP contribution in [0.5, 0.6) is 0 Å². The number of aromatic nitrogens is 2. The largest absolute Gasteiger partial charge is 0.469 e. The molecule has 4 nitrogen and oxygen atoms in total. The quantitative estimate of drug-likeness (QED) is 0.532. The lowest BCUT2D eigenvalue weighted by molar-refractivity contribution is -0.140. The van der Waals surface area contributed by atoms with Gasteiger partial charge in [0.2, 0.25) is 0 Å². The van der Waals surface area contributed by atoms with Crippen molar-refractivity contribution in [2.45, 2.75) is 39.2 Å². The Morgan fingerprint density at radius 1 is 1.47 bits per heavy atom. The Balaban J connectivity index is 2.07. The number of carbonyl (C=O) groups is 1. The second kappa shape index (κ2) is 6.22. The van der Waals surface area contributed by atoms with E-state index in [0.29, 0.717) is 6.42 Å². The van der Waals surface area contributed by atoms with Crippen LogP contribution in [-0.4, -0.2) is 22.6 Å². The molecule has 0 aromatic carbocycles. The second-order valence-electron chi connectivity index (χ2n) is 3.55. The maximum absolute atomic E-state index is 10.8. The molecule has 0 aliphatic carbocycles. The summed E-state index contributed by atoms with van der Waals surface area (Å²) >= 11 is 0. The molecular weight excluding hydrogens is 192 g/mol. The number of imidazole rings is 1. The van der Waals surface area contributed by atoms with E-state index in [4.69, 9.17) is 0 Å². The Hall–Kier alpha value is -1.32. The van der Waals surface area contributed by atoms with Crippen molar-refractivity contribution < 1.29 is 9.53 Å². The molecule has 1 heterocycles. The molecule has 0 aliphatic rings. The smallest absolute Gasteiger partial charge is 0.305 e. The zero-order valence-electron chi connectivity index (χ0n) is 9.40. The van der Waals surface area contributed by atoms with Crippen molar-refractivity contribution in [3.05, 3.63) is 18.2 Å². The molecule has 0 saturated carbocycles. The summed E-state index contributed by atoms with van der Waals surface area (Å²) in [6, 6.07) is 0. The summed E-state index contributed by atoms with van der Waals surface area (Å²) in [5, 5.41) is 0. The Kier molecular flexibility index (Phi) is 4.87. The molecule has 0 aliphatic heterocycles. The minimum absolute atomic E-state index is 0.117. The van der Waals surface area contributed by atoms with Gasteiger partial charge >= 0.3 is 5.97 Å². The van der Waals surface area contributed by atoms with Gasteiger partial charge in [0.05, 0.1) is 7.11 Å². The number of unbranched alkanes of at least 4 members (excludes halogenated alkanes) is 2. The number of methoxy groups -OCH3 is 1. The molecular formula is C11H18N2O2. The first-order chi connectivity index (χ1) is 7.24. The lowest BCUT2D eigenvalue weighted by Crippen LogP contribution is -2.01. The molecule has 1 rings (SSSR count). The SMILES string of the molecule is COC(=O)CCCCCn1ccnc1C. The Morgan fingerprint density at radius 3 is 2.87 bits per heavy atom. The Labute approximate surface area is 90.3 Å². The highest BCUT2D eigenvalue weighted by Gasteiger charge is 2.00. The highest BCUT2D eigenvalue weighted by molar-refractivity contribution is 5.68. The van der Waals surface area contributed by atoms with Crippen LogP contribution in [0.25, 0.3) is 0 Å². The van der Waals surface area contributed by atoms with E-state index >= 15 is 0 Å². The van der Waals surface area contributed by atoms with Crippen LogP contribution in [0.2, 0.25) is 0 Å². The molecule has 1 aromatic heterocycles. The summed E-state index contributed by atoms with van der Waals surface area (Å²) in [5.41, 5.74) is 0. The third kappa shape index (κ3) is 4.14. The summed E-state index contributed by atoms with van der Waals surface area (Å²) in [4.78, 5) is 15.0. The molecule has 84 valence electrons. The van der Waals surface area contributed by atoms with Crippen LogP contribution in [-0.2, 0) is 16.1 Å². The van der Waals surface area contributed by atoms with Crippen molar-refractivity contribution in [1.29, 1.82) is 0 Å². The minimum Gasteiger partial charge on any atom is -0.469 e. The zero-order chi connectivity index (χ0) is 11.1. The molecule has 15 heavy (non-hydrogen) atoms. The number of carbonyl (C=O) groups excluding carboxylic acids is 1. The summed E-state index contributed by atoms with van der Waals surface area (Å²) < 4.78 is 6.69. The van der Waals surface area contributed by atoms with Crippen molar-refractivity contribution in [2.24, 2.45) is 0 Å². The van der Waals surface area contributed by atoms with Gasteiger partial charge in [-0.25, -0.2) is 4.98 Å². The number of aryl methyl sites for hydroxylation is 2. The van der Waals surface area contributed by atoms with Crippen molar-refractivity contribution >= 4 is 5.97 Å². The first-order valence-electron chi connectivity index (χ1n) is 5.28. The van der Waals surface area contributed by atoms with Crippen LogP contribution in [0, 0.1) is 6.92 Å². The highest BCUT2D eigenvalue weighted by Crippen LogP contribution is 2.04. The topological polar surface area (TPSA) is 44.1 Å². The third-order valence-electron chi connectivity index (χ3n) is 2.43. The van der Waals surface area contributed by atoms with E-state index in [1.54, 1.807) is 0 Å². The molecule has 0 amide bonds. The van der Waals surface area contributed by atoms with Gasteiger partial charge in [-0.1, -0.05) is 6.42 Å². The van der Waals surface area contributed by atoms with E-state index in [1.807, 2.05) is 19.3 Å². The lowest BCUT2D eigenvalue weighted by Gasteiger charge is -2.04. The van der Waals surface area contributed by atoms with Gasteiger partial charge in [0, 0.05) is 25.4 Å². The van der Waals surface area contributed by atoms with Gasteiger partial charge in [-0.2, -0.15) is 0 Å². The molecule has 0 atom stereocenters. The first-order valence-corrected chi connectivity index (χ1v) is 5.28. The molecule has 0 saturated heterocycles. The normalized spacial score (nSPS) is 10.3. The van der Waals surface area contributed by atoms with Crippen LogP contribution in [0.15, 0.2) is 12.4 Å². The fourth-order valence-electron chi connectivity index (χ4n) is 1.47. The highest BCUT2D eigenvalue weighted by atomic mass is 16.5. The lowest BCUT2D eigenvalue weighted by atomic mass is 10.2. The van der Waals surface area contributed by atoms with E-state index in [0.717, 1.165) is 31.6 Å². The third-order valence-corrected chi connectivity index (χ3v) is 2.43. The molecule has 0 fully saturated rings. The number of esters is 1. The van der Waals surface area contributed by atoms with Gasteiger partial charge in [-0.15, -0.1) is 0 Å². The molecule has 0 N–H and O–H groups in total. The van der Waals surface area contributed by atoms with Gasteiger partial charge in [-0.3, -0.25) is 4.79 Å². The van der Waals surface area contributed by atoms with E-state index < -0.39 is 0 Å². The van der Waals surface area contributed by atoms with Crippen LogP contribution >= 0.6 is 0 Å². The van der Waals surface area contributed by atoms with E-state index in [1.165, 1.54) is 7.11 Å². The van der Waals surface area contributed by atoms with Gasteiger partial charge in [0.1, 0.15) is 5.82 Å². The van der Waals surface area contributed by atoms with Gasteiger partial charge < -0.3 is 9.30 Å².